The van der Waals surface area contributed by atoms with Gasteiger partial charge in [0.2, 0.25) is 15.9 Å². The van der Waals surface area contributed by atoms with E-state index in [1.54, 1.807) is 6.07 Å². The van der Waals surface area contributed by atoms with Gasteiger partial charge in [-0.1, -0.05) is 37.7 Å². The van der Waals surface area contributed by atoms with Gasteiger partial charge in [0.05, 0.1) is 21.2 Å². The van der Waals surface area contributed by atoms with Gasteiger partial charge in [0.15, 0.2) is 5.16 Å². The first kappa shape index (κ1) is 22.3. The molecule has 1 amide bonds. The number of nitrogens with zero attached hydrogens (tertiary/aromatic N) is 2. The number of aryl methyl sites for hydroxylation is 2. The monoisotopic (exact) mass is 446 g/mol. The first-order valence-electron chi connectivity index (χ1n) is 9.82. The second-order valence-corrected chi connectivity index (χ2v) is 9.91. The highest BCUT2D eigenvalue weighted by Crippen LogP contribution is 2.29. The maximum Gasteiger partial charge on any atom is 0.238 e. The molecule has 1 atom stereocenters. The van der Waals surface area contributed by atoms with Crippen LogP contribution < -0.4 is 10.5 Å². The Bertz CT molecular complexity index is 1150. The highest BCUT2D eigenvalue weighted by atomic mass is 32.2. The molecule has 0 radical (unpaired) electrons. The zero-order valence-corrected chi connectivity index (χ0v) is 18.9. The van der Waals surface area contributed by atoms with Crippen LogP contribution in [0.15, 0.2) is 52.5 Å². The van der Waals surface area contributed by atoms with Crippen molar-refractivity contribution in [3.05, 3.63) is 48.0 Å². The van der Waals surface area contributed by atoms with Crippen molar-refractivity contribution in [1.82, 2.24) is 9.55 Å². The number of rotatable bonds is 8. The molecule has 0 aliphatic heterocycles. The normalized spacial score (nSPS) is 12.8. The molecule has 0 aliphatic rings. The van der Waals surface area contributed by atoms with Crippen LogP contribution >= 0.6 is 11.8 Å². The van der Waals surface area contributed by atoms with E-state index >= 15 is 0 Å². The van der Waals surface area contributed by atoms with Gasteiger partial charge >= 0.3 is 0 Å². The van der Waals surface area contributed by atoms with Gasteiger partial charge in [-0.05, 0) is 55.7 Å². The van der Waals surface area contributed by atoms with E-state index in [4.69, 9.17) is 5.14 Å². The summed E-state index contributed by atoms with van der Waals surface area (Å²) in [6.07, 6.45) is 1.82. The van der Waals surface area contributed by atoms with E-state index in [0.29, 0.717) is 17.2 Å². The molecule has 1 unspecified atom stereocenters. The van der Waals surface area contributed by atoms with Crippen LogP contribution in [0.4, 0.5) is 5.69 Å². The number of thioether (sulfide) groups is 1. The lowest BCUT2D eigenvalue weighted by molar-refractivity contribution is -0.115. The van der Waals surface area contributed by atoms with E-state index in [1.165, 1.54) is 29.5 Å². The molecule has 1 aromatic heterocycles. The molecule has 160 valence electrons. The summed E-state index contributed by atoms with van der Waals surface area (Å²) in [5.74, 6) is -0.121. The highest BCUT2D eigenvalue weighted by Gasteiger charge is 2.20. The molecule has 30 heavy (non-hydrogen) atoms. The molecule has 0 aliphatic carbocycles. The molecular weight excluding hydrogens is 420 g/mol. The number of sulfonamides is 1. The summed E-state index contributed by atoms with van der Waals surface area (Å²) in [5, 5.41) is 8.46. The molecule has 0 bridgehead atoms. The highest BCUT2D eigenvalue weighted by molar-refractivity contribution is 8.00. The van der Waals surface area contributed by atoms with E-state index in [2.05, 4.69) is 24.1 Å². The van der Waals surface area contributed by atoms with Gasteiger partial charge in [0.25, 0.3) is 0 Å². The molecular formula is C21H26N4O3S2. The molecule has 2 aromatic carbocycles. The summed E-state index contributed by atoms with van der Waals surface area (Å²) in [6, 6.07) is 12.5. The topological polar surface area (TPSA) is 107 Å². The quantitative estimate of drug-likeness (QED) is 0.512. The molecule has 9 heteroatoms. The van der Waals surface area contributed by atoms with Crippen molar-refractivity contribution in [2.45, 2.75) is 55.5 Å². The first-order chi connectivity index (χ1) is 14.2. The number of carbonyl (C=O) groups is 1. The standard InChI is InChI=1S/C21H26N4O3S2/c1-4-12-25-19-11-10-17(30(22,27)28)13-18(19)24-21(25)29-14(3)20(26)23-16-8-6-15(5-2)7-9-16/h6-11,13-14H,4-5,12H2,1-3H3,(H,23,26)(H2,22,27,28). The van der Waals surface area contributed by atoms with Crippen molar-refractivity contribution in [2.75, 3.05) is 5.32 Å². The van der Waals surface area contributed by atoms with Crippen LogP contribution in [0, 0.1) is 0 Å². The molecule has 0 saturated heterocycles. The van der Waals surface area contributed by atoms with Crippen LogP contribution in [-0.4, -0.2) is 29.1 Å². The van der Waals surface area contributed by atoms with Gasteiger partial charge in [-0.2, -0.15) is 0 Å². The summed E-state index contributed by atoms with van der Waals surface area (Å²) < 4.78 is 25.3. The van der Waals surface area contributed by atoms with E-state index in [9.17, 15) is 13.2 Å². The third kappa shape index (κ3) is 5.03. The maximum absolute atomic E-state index is 12.7. The maximum atomic E-state index is 12.7. The molecule has 7 nitrogen and oxygen atoms in total. The molecule has 0 fully saturated rings. The Morgan fingerprint density at radius 3 is 2.50 bits per heavy atom. The van der Waals surface area contributed by atoms with Gasteiger partial charge in [-0.3, -0.25) is 4.79 Å². The average Bonchev–Trinajstić information content (AvgIpc) is 3.04. The molecule has 0 saturated carbocycles. The van der Waals surface area contributed by atoms with Crippen LogP contribution in [0.25, 0.3) is 11.0 Å². The Morgan fingerprint density at radius 2 is 1.90 bits per heavy atom. The lowest BCUT2D eigenvalue weighted by Crippen LogP contribution is -2.23. The Balaban J connectivity index is 1.83. The number of benzene rings is 2. The van der Waals surface area contributed by atoms with Crippen molar-refractivity contribution < 1.29 is 13.2 Å². The minimum Gasteiger partial charge on any atom is -0.325 e. The van der Waals surface area contributed by atoms with Gasteiger partial charge in [-0.25, -0.2) is 18.5 Å². The molecule has 3 N–H and O–H groups in total. The predicted octanol–water partition coefficient (Wildman–Crippen LogP) is 3.78. The van der Waals surface area contributed by atoms with Gasteiger partial charge in [-0.15, -0.1) is 0 Å². The van der Waals surface area contributed by atoms with Crippen LogP contribution in [0.2, 0.25) is 0 Å². The number of hydrogen-bond acceptors (Lipinski definition) is 5. The average molecular weight is 447 g/mol. The molecule has 1 heterocycles. The Hall–Kier alpha value is -2.36. The van der Waals surface area contributed by atoms with E-state index in [1.807, 2.05) is 35.8 Å². The summed E-state index contributed by atoms with van der Waals surface area (Å²) in [4.78, 5) is 17.3. The van der Waals surface area contributed by atoms with Crippen molar-refractivity contribution in [2.24, 2.45) is 5.14 Å². The number of aromatic nitrogens is 2. The van der Waals surface area contributed by atoms with Crippen LogP contribution in [0.1, 0.15) is 32.8 Å². The first-order valence-corrected chi connectivity index (χ1v) is 12.2. The van der Waals surface area contributed by atoms with Crippen LogP contribution in [0.3, 0.4) is 0 Å². The van der Waals surface area contributed by atoms with Crippen LogP contribution in [0.5, 0.6) is 0 Å². The number of fused-ring (bicyclic) bond motifs is 1. The SMILES string of the molecule is CCCn1c(SC(C)C(=O)Nc2ccc(CC)cc2)nc2cc(S(N)(=O)=O)ccc21. The lowest BCUT2D eigenvalue weighted by atomic mass is 10.1. The number of amides is 1. The summed E-state index contributed by atoms with van der Waals surface area (Å²) in [6.45, 7) is 6.67. The Labute approximate surface area is 181 Å². The fraction of sp³-hybridized carbons (Fsp3) is 0.333. The second-order valence-electron chi connectivity index (χ2n) is 7.04. The van der Waals surface area contributed by atoms with E-state index in [-0.39, 0.29) is 16.1 Å². The minimum atomic E-state index is -3.81. The van der Waals surface area contributed by atoms with E-state index in [0.717, 1.165) is 24.0 Å². The van der Waals surface area contributed by atoms with Gasteiger partial charge in [0.1, 0.15) is 0 Å². The van der Waals surface area contributed by atoms with Gasteiger partial charge in [0, 0.05) is 12.2 Å². The van der Waals surface area contributed by atoms with Crippen molar-refractivity contribution in [3.8, 4) is 0 Å². The summed E-state index contributed by atoms with van der Waals surface area (Å²) in [5.41, 5.74) is 3.32. The Kier molecular flexibility index (Phi) is 6.84. The number of imidazole rings is 1. The zero-order valence-electron chi connectivity index (χ0n) is 17.3. The fourth-order valence-corrected chi connectivity index (χ4v) is 4.56. The number of carbonyl (C=O) groups excluding carboxylic acids is 1. The number of primary sulfonamides is 1. The van der Waals surface area contributed by atoms with Crippen molar-refractivity contribution >= 4 is 44.4 Å². The summed E-state index contributed by atoms with van der Waals surface area (Å²) in [7, 11) is -3.81. The van der Waals surface area contributed by atoms with Crippen molar-refractivity contribution in [1.29, 1.82) is 0 Å². The number of nitrogens with one attached hydrogen (secondary N) is 1. The third-order valence-corrected chi connectivity index (χ3v) is 6.74. The molecule has 3 aromatic rings. The van der Waals surface area contributed by atoms with Gasteiger partial charge < -0.3 is 9.88 Å². The van der Waals surface area contributed by atoms with Crippen LogP contribution in [-0.2, 0) is 27.8 Å². The lowest BCUT2D eigenvalue weighted by Gasteiger charge is -2.13. The smallest absolute Gasteiger partial charge is 0.238 e. The third-order valence-electron chi connectivity index (χ3n) is 4.74. The number of nitrogens with two attached hydrogens (primary N) is 1. The largest absolute Gasteiger partial charge is 0.325 e. The number of hydrogen-bond donors (Lipinski definition) is 2. The second kappa shape index (κ2) is 9.20. The van der Waals surface area contributed by atoms with E-state index < -0.39 is 10.0 Å². The number of anilines is 1. The molecule has 3 rings (SSSR count). The Morgan fingerprint density at radius 1 is 1.20 bits per heavy atom. The summed E-state index contributed by atoms with van der Waals surface area (Å²) >= 11 is 1.34. The fourth-order valence-electron chi connectivity index (χ4n) is 3.07. The zero-order chi connectivity index (χ0) is 21.9. The van der Waals surface area contributed by atoms with Crippen molar-refractivity contribution in [3.63, 3.8) is 0 Å². The minimum absolute atomic E-state index is 0.0222. The predicted molar refractivity (Wildman–Crippen MR) is 121 cm³/mol. The molecule has 0 spiro atoms.